The molecule has 0 aromatic carbocycles. The number of hydrogen-bond donors (Lipinski definition) is 1. The highest BCUT2D eigenvalue weighted by Crippen LogP contribution is 2.09. The molecule has 14 heavy (non-hydrogen) atoms. The second-order valence-corrected chi connectivity index (χ2v) is 4.14. The van der Waals surface area contributed by atoms with E-state index in [9.17, 15) is 0 Å². The van der Waals surface area contributed by atoms with Crippen LogP contribution in [0.5, 0.6) is 0 Å². The van der Waals surface area contributed by atoms with E-state index in [0.717, 1.165) is 19.5 Å². The van der Waals surface area contributed by atoms with Gasteiger partial charge in [0.05, 0.1) is 0 Å². The molecule has 0 saturated carbocycles. The first kappa shape index (κ1) is 9.49. The van der Waals surface area contributed by atoms with E-state index in [2.05, 4.69) is 39.9 Å². The topological polar surface area (TPSA) is 30.9 Å². The van der Waals surface area contributed by atoms with Crippen LogP contribution in [0, 0.1) is 0 Å². The zero-order valence-corrected chi connectivity index (χ0v) is 8.83. The smallest absolute Gasteiger partial charge is 0.0478 e. The predicted octanol–water partition coefficient (Wildman–Crippen LogP) is 2.10. The Bertz CT molecular complexity index is 376. The SMILES string of the molecule is NCCc1ccn(Cc2ccsc2)c1. The van der Waals surface area contributed by atoms with Crippen molar-refractivity contribution in [3.05, 3.63) is 46.4 Å². The summed E-state index contributed by atoms with van der Waals surface area (Å²) < 4.78 is 2.20. The molecule has 3 heteroatoms. The lowest BCUT2D eigenvalue weighted by Gasteiger charge is -1.99. The van der Waals surface area contributed by atoms with Crippen molar-refractivity contribution in [1.82, 2.24) is 4.57 Å². The largest absolute Gasteiger partial charge is 0.350 e. The van der Waals surface area contributed by atoms with E-state index in [4.69, 9.17) is 5.73 Å². The lowest BCUT2D eigenvalue weighted by atomic mass is 10.2. The Morgan fingerprint density at radius 1 is 1.29 bits per heavy atom. The van der Waals surface area contributed by atoms with Crippen molar-refractivity contribution < 1.29 is 0 Å². The summed E-state index contributed by atoms with van der Waals surface area (Å²) >= 11 is 1.74. The Labute approximate surface area is 88.0 Å². The molecule has 2 aromatic rings. The van der Waals surface area contributed by atoms with Crippen molar-refractivity contribution in [2.45, 2.75) is 13.0 Å². The normalized spacial score (nSPS) is 10.6. The van der Waals surface area contributed by atoms with E-state index in [0.29, 0.717) is 0 Å². The average molecular weight is 206 g/mol. The highest BCUT2D eigenvalue weighted by Gasteiger charge is 1.97. The standard InChI is InChI=1S/C11H14N2S/c12-4-1-10-2-5-13(7-10)8-11-3-6-14-9-11/h2-3,5-7,9H,1,4,8,12H2. The molecule has 0 amide bonds. The van der Waals surface area contributed by atoms with Crippen molar-refractivity contribution in [2.24, 2.45) is 5.73 Å². The van der Waals surface area contributed by atoms with E-state index in [1.807, 2.05) is 0 Å². The van der Waals surface area contributed by atoms with Crippen LogP contribution < -0.4 is 5.73 Å². The summed E-state index contributed by atoms with van der Waals surface area (Å²) in [5.41, 5.74) is 8.19. The molecule has 2 rings (SSSR count). The van der Waals surface area contributed by atoms with Gasteiger partial charge in [-0.1, -0.05) is 0 Å². The van der Waals surface area contributed by atoms with Crippen molar-refractivity contribution >= 4 is 11.3 Å². The summed E-state index contributed by atoms with van der Waals surface area (Å²) in [7, 11) is 0. The molecule has 2 nitrogen and oxygen atoms in total. The second-order valence-electron chi connectivity index (χ2n) is 3.36. The summed E-state index contributed by atoms with van der Waals surface area (Å²) in [5, 5.41) is 4.29. The van der Waals surface area contributed by atoms with Crippen molar-refractivity contribution in [2.75, 3.05) is 6.54 Å². The monoisotopic (exact) mass is 206 g/mol. The number of thiophene rings is 1. The van der Waals surface area contributed by atoms with Gasteiger partial charge in [-0.05, 0) is 47.0 Å². The van der Waals surface area contributed by atoms with Crippen LogP contribution in [0.1, 0.15) is 11.1 Å². The fraction of sp³-hybridized carbons (Fsp3) is 0.273. The Morgan fingerprint density at radius 3 is 2.93 bits per heavy atom. The Morgan fingerprint density at radius 2 is 2.21 bits per heavy atom. The van der Waals surface area contributed by atoms with Gasteiger partial charge < -0.3 is 10.3 Å². The molecule has 74 valence electrons. The molecule has 0 aliphatic carbocycles. The molecule has 0 saturated heterocycles. The summed E-state index contributed by atoms with van der Waals surface area (Å²) in [6, 6.07) is 4.30. The fourth-order valence-electron chi connectivity index (χ4n) is 1.50. The van der Waals surface area contributed by atoms with Gasteiger partial charge in [-0.25, -0.2) is 0 Å². The lowest BCUT2D eigenvalue weighted by Crippen LogP contribution is -2.02. The molecule has 0 aliphatic rings. The van der Waals surface area contributed by atoms with Crippen LogP contribution in [0.25, 0.3) is 0 Å². The molecule has 0 bridgehead atoms. The predicted molar refractivity (Wildman–Crippen MR) is 60.6 cm³/mol. The fourth-order valence-corrected chi connectivity index (χ4v) is 2.16. The molecule has 0 aliphatic heterocycles. The van der Waals surface area contributed by atoms with Gasteiger partial charge in [-0.2, -0.15) is 11.3 Å². The minimum atomic E-state index is 0.725. The van der Waals surface area contributed by atoms with Crippen molar-refractivity contribution in [3.8, 4) is 0 Å². The van der Waals surface area contributed by atoms with Gasteiger partial charge in [-0.3, -0.25) is 0 Å². The molecule has 2 heterocycles. The van der Waals surface area contributed by atoms with Gasteiger partial charge in [0.25, 0.3) is 0 Å². The van der Waals surface area contributed by atoms with Crippen molar-refractivity contribution in [3.63, 3.8) is 0 Å². The first-order valence-electron chi connectivity index (χ1n) is 4.74. The van der Waals surface area contributed by atoms with Crippen LogP contribution in [0.2, 0.25) is 0 Å². The van der Waals surface area contributed by atoms with Gasteiger partial charge in [0, 0.05) is 18.9 Å². The number of rotatable bonds is 4. The average Bonchev–Trinajstić information content (AvgIpc) is 2.79. The zero-order chi connectivity index (χ0) is 9.80. The minimum absolute atomic E-state index is 0.725. The number of nitrogens with two attached hydrogens (primary N) is 1. The summed E-state index contributed by atoms with van der Waals surface area (Å²) in [5.74, 6) is 0. The van der Waals surface area contributed by atoms with Crippen LogP contribution in [-0.4, -0.2) is 11.1 Å². The number of aromatic nitrogens is 1. The van der Waals surface area contributed by atoms with Gasteiger partial charge in [-0.15, -0.1) is 0 Å². The Kier molecular flexibility index (Phi) is 3.01. The maximum atomic E-state index is 5.50. The molecule has 0 radical (unpaired) electrons. The molecule has 0 spiro atoms. The van der Waals surface area contributed by atoms with Crippen molar-refractivity contribution in [1.29, 1.82) is 0 Å². The summed E-state index contributed by atoms with van der Waals surface area (Å²) in [6.45, 7) is 1.69. The minimum Gasteiger partial charge on any atom is -0.350 e. The summed E-state index contributed by atoms with van der Waals surface area (Å²) in [4.78, 5) is 0. The molecule has 2 N–H and O–H groups in total. The summed E-state index contributed by atoms with van der Waals surface area (Å²) in [6.07, 6.45) is 5.25. The van der Waals surface area contributed by atoms with Crippen LogP contribution in [-0.2, 0) is 13.0 Å². The highest BCUT2D eigenvalue weighted by atomic mass is 32.1. The second kappa shape index (κ2) is 4.44. The Hall–Kier alpha value is -1.06. The van der Waals surface area contributed by atoms with Crippen LogP contribution in [0.3, 0.4) is 0 Å². The van der Waals surface area contributed by atoms with Crippen LogP contribution in [0.15, 0.2) is 35.3 Å². The van der Waals surface area contributed by atoms with Gasteiger partial charge in [0.2, 0.25) is 0 Å². The molecule has 2 aromatic heterocycles. The molecule has 0 atom stereocenters. The first-order chi connectivity index (χ1) is 6.88. The number of hydrogen-bond acceptors (Lipinski definition) is 2. The van der Waals surface area contributed by atoms with E-state index in [1.165, 1.54) is 11.1 Å². The third kappa shape index (κ3) is 2.25. The zero-order valence-electron chi connectivity index (χ0n) is 8.02. The highest BCUT2D eigenvalue weighted by molar-refractivity contribution is 7.07. The lowest BCUT2D eigenvalue weighted by molar-refractivity contribution is 0.803. The van der Waals surface area contributed by atoms with E-state index >= 15 is 0 Å². The molecular weight excluding hydrogens is 192 g/mol. The van der Waals surface area contributed by atoms with E-state index < -0.39 is 0 Å². The quantitative estimate of drug-likeness (QED) is 0.816. The third-order valence-corrected chi connectivity index (χ3v) is 2.92. The van der Waals surface area contributed by atoms with Crippen LogP contribution in [0.4, 0.5) is 0 Å². The van der Waals surface area contributed by atoms with Gasteiger partial charge >= 0.3 is 0 Å². The molecule has 0 fully saturated rings. The van der Waals surface area contributed by atoms with Gasteiger partial charge in [0.15, 0.2) is 0 Å². The molecular formula is C11H14N2S. The maximum Gasteiger partial charge on any atom is 0.0478 e. The van der Waals surface area contributed by atoms with Crippen LogP contribution >= 0.6 is 11.3 Å². The van der Waals surface area contributed by atoms with E-state index in [-0.39, 0.29) is 0 Å². The molecule has 0 unspecified atom stereocenters. The van der Waals surface area contributed by atoms with E-state index in [1.54, 1.807) is 11.3 Å². The van der Waals surface area contributed by atoms with Gasteiger partial charge in [0.1, 0.15) is 0 Å². The maximum absolute atomic E-state index is 5.50. The number of nitrogens with zero attached hydrogens (tertiary/aromatic N) is 1. The first-order valence-corrected chi connectivity index (χ1v) is 5.68. The third-order valence-electron chi connectivity index (χ3n) is 2.19. The Balaban J connectivity index is 2.03.